The van der Waals surface area contributed by atoms with Gasteiger partial charge in [0.05, 0.1) is 5.56 Å². The van der Waals surface area contributed by atoms with Gasteiger partial charge in [-0.15, -0.1) is 0 Å². The summed E-state index contributed by atoms with van der Waals surface area (Å²) >= 11 is 0. The van der Waals surface area contributed by atoms with Crippen molar-refractivity contribution in [2.75, 3.05) is 0 Å². The summed E-state index contributed by atoms with van der Waals surface area (Å²) in [5, 5.41) is 0. The van der Waals surface area contributed by atoms with E-state index in [-0.39, 0.29) is 0 Å². The zero-order chi connectivity index (χ0) is 9.97. The molecule has 0 saturated heterocycles. The van der Waals surface area contributed by atoms with E-state index in [0.717, 1.165) is 23.2 Å². The average molecular weight is 186 g/mol. The van der Waals surface area contributed by atoms with Crippen molar-refractivity contribution in [3.05, 3.63) is 47.9 Å². The molecular formula is C12H10O2. The van der Waals surface area contributed by atoms with Crippen molar-refractivity contribution < 1.29 is 9.21 Å². The van der Waals surface area contributed by atoms with E-state index in [2.05, 4.69) is 0 Å². The van der Waals surface area contributed by atoms with Crippen LogP contribution in [0.1, 0.15) is 16.1 Å². The van der Waals surface area contributed by atoms with E-state index >= 15 is 0 Å². The van der Waals surface area contributed by atoms with Crippen LogP contribution < -0.4 is 0 Å². The van der Waals surface area contributed by atoms with Crippen molar-refractivity contribution >= 4 is 6.29 Å². The summed E-state index contributed by atoms with van der Waals surface area (Å²) < 4.78 is 5.21. The second-order valence-corrected chi connectivity index (χ2v) is 3.11. The molecular weight excluding hydrogens is 176 g/mol. The van der Waals surface area contributed by atoms with Crippen LogP contribution in [0.2, 0.25) is 0 Å². The van der Waals surface area contributed by atoms with Crippen molar-refractivity contribution in [2.45, 2.75) is 6.92 Å². The molecule has 2 nitrogen and oxygen atoms in total. The lowest BCUT2D eigenvalue weighted by molar-refractivity contribution is 0.112. The summed E-state index contributed by atoms with van der Waals surface area (Å²) in [6, 6.07) is 9.75. The Morgan fingerprint density at radius 1 is 1.21 bits per heavy atom. The summed E-state index contributed by atoms with van der Waals surface area (Å²) in [5.74, 6) is 0.776. The Balaban J connectivity index is 2.61. The van der Waals surface area contributed by atoms with Crippen LogP contribution in [0.3, 0.4) is 0 Å². The Morgan fingerprint density at radius 3 is 2.57 bits per heavy atom. The Hall–Kier alpha value is -1.83. The Morgan fingerprint density at radius 2 is 1.93 bits per heavy atom. The van der Waals surface area contributed by atoms with Crippen LogP contribution in [0.25, 0.3) is 11.1 Å². The Labute approximate surface area is 82.2 Å². The zero-order valence-electron chi connectivity index (χ0n) is 7.86. The van der Waals surface area contributed by atoms with Crippen LogP contribution in [-0.2, 0) is 0 Å². The van der Waals surface area contributed by atoms with E-state index in [1.165, 1.54) is 6.26 Å². The molecule has 2 heteroatoms. The summed E-state index contributed by atoms with van der Waals surface area (Å²) in [6.45, 7) is 1.86. The van der Waals surface area contributed by atoms with Gasteiger partial charge in [0.15, 0.2) is 6.29 Å². The molecule has 0 aliphatic carbocycles. The quantitative estimate of drug-likeness (QED) is 0.674. The van der Waals surface area contributed by atoms with Crippen molar-refractivity contribution in [1.82, 2.24) is 0 Å². The third kappa shape index (κ3) is 1.35. The number of carbonyl (C=O) groups is 1. The fourth-order valence-corrected chi connectivity index (χ4v) is 1.53. The lowest BCUT2D eigenvalue weighted by atomic mass is 10.0. The summed E-state index contributed by atoms with van der Waals surface area (Å²) in [6.07, 6.45) is 2.31. The minimum Gasteiger partial charge on any atom is -0.468 e. The molecule has 70 valence electrons. The normalized spacial score (nSPS) is 10.1. The molecule has 0 atom stereocenters. The smallest absolute Gasteiger partial charge is 0.153 e. The summed E-state index contributed by atoms with van der Waals surface area (Å²) in [5.41, 5.74) is 2.51. The highest BCUT2D eigenvalue weighted by atomic mass is 16.3. The summed E-state index contributed by atoms with van der Waals surface area (Å²) in [4.78, 5) is 10.8. The number of hydrogen-bond acceptors (Lipinski definition) is 2. The number of benzene rings is 1. The third-order valence-electron chi connectivity index (χ3n) is 2.19. The van der Waals surface area contributed by atoms with Gasteiger partial charge in [-0.25, -0.2) is 0 Å². The van der Waals surface area contributed by atoms with Gasteiger partial charge in [0, 0.05) is 5.56 Å². The molecule has 0 fully saturated rings. The molecule has 1 heterocycles. The van der Waals surface area contributed by atoms with E-state index in [0.29, 0.717) is 5.56 Å². The van der Waals surface area contributed by atoms with Gasteiger partial charge in [-0.1, -0.05) is 30.3 Å². The van der Waals surface area contributed by atoms with Gasteiger partial charge in [-0.3, -0.25) is 4.79 Å². The lowest BCUT2D eigenvalue weighted by Crippen LogP contribution is -1.83. The van der Waals surface area contributed by atoms with E-state index in [4.69, 9.17) is 4.42 Å². The van der Waals surface area contributed by atoms with Crippen molar-refractivity contribution in [3.63, 3.8) is 0 Å². The van der Waals surface area contributed by atoms with Crippen LogP contribution in [0.5, 0.6) is 0 Å². The van der Waals surface area contributed by atoms with Crippen LogP contribution in [0.15, 0.2) is 41.0 Å². The van der Waals surface area contributed by atoms with E-state index < -0.39 is 0 Å². The number of hydrogen-bond donors (Lipinski definition) is 0. The van der Waals surface area contributed by atoms with Crippen LogP contribution in [-0.4, -0.2) is 6.29 Å². The molecule has 0 unspecified atom stereocenters. The lowest BCUT2D eigenvalue weighted by Gasteiger charge is -1.99. The fourth-order valence-electron chi connectivity index (χ4n) is 1.53. The SMILES string of the molecule is Cc1occ(C=O)c1-c1ccccc1. The maximum Gasteiger partial charge on any atom is 0.153 e. The molecule has 2 aromatic rings. The third-order valence-corrected chi connectivity index (χ3v) is 2.19. The first kappa shape index (κ1) is 8.75. The molecule has 0 aliphatic heterocycles. The van der Waals surface area contributed by atoms with Crippen LogP contribution in [0, 0.1) is 6.92 Å². The molecule has 0 aliphatic rings. The molecule has 1 aromatic heterocycles. The predicted octanol–water partition coefficient (Wildman–Crippen LogP) is 3.07. The molecule has 0 N–H and O–H groups in total. The first-order valence-electron chi connectivity index (χ1n) is 4.41. The molecule has 1 aromatic carbocycles. The minimum absolute atomic E-state index is 0.605. The van der Waals surface area contributed by atoms with Crippen LogP contribution in [0.4, 0.5) is 0 Å². The van der Waals surface area contributed by atoms with Gasteiger partial charge in [0.1, 0.15) is 12.0 Å². The average Bonchev–Trinajstić information content (AvgIpc) is 2.61. The van der Waals surface area contributed by atoms with Gasteiger partial charge in [0.2, 0.25) is 0 Å². The molecule has 0 saturated carbocycles. The predicted molar refractivity (Wildman–Crippen MR) is 54.3 cm³/mol. The molecule has 0 spiro atoms. The maximum absolute atomic E-state index is 10.8. The van der Waals surface area contributed by atoms with Gasteiger partial charge in [-0.05, 0) is 12.5 Å². The van der Waals surface area contributed by atoms with Crippen molar-refractivity contribution in [1.29, 1.82) is 0 Å². The van der Waals surface area contributed by atoms with E-state index in [1.807, 2.05) is 37.3 Å². The highest BCUT2D eigenvalue weighted by molar-refractivity contribution is 5.88. The number of aldehydes is 1. The molecule has 2 rings (SSSR count). The van der Waals surface area contributed by atoms with Crippen molar-refractivity contribution in [3.8, 4) is 11.1 Å². The number of aryl methyl sites for hydroxylation is 1. The molecule has 0 bridgehead atoms. The monoisotopic (exact) mass is 186 g/mol. The maximum atomic E-state index is 10.8. The van der Waals surface area contributed by atoms with Gasteiger partial charge < -0.3 is 4.42 Å². The van der Waals surface area contributed by atoms with E-state index in [9.17, 15) is 4.79 Å². The Kier molecular flexibility index (Phi) is 2.19. The van der Waals surface area contributed by atoms with Crippen molar-refractivity contribution in [2.24, 2.45) is 0 Å². The standard InChI is InChI=1S/C12H10O2/c1-9-12(11(7-13)8-14-9)10-5-3-2-4-6-10/h2-8H,1H3. The summed E-state index contributed by atoms with van der Waals surface area (Å²) in [7, 11) is 0. The minimum atomic E-state index is 0.605. The topological polar surface area (TPSA) is 30.2 Å². The Bertz CT molecular complexity index is 441. The second kappa shape index (κ2) is 3.50. The number of rotatable bonds is 2. The molecule has 0 radical (unpaired) electrons. The largest absolute Gasteiger partial charge is 0.468 e. The zero-order valence-corrected chi connectivity index (χ0v) is 7.86. The fraction of sp³-hybridized carbons (Fsp3) is 0.0833. The van der Waals surface area contributed by atoms with E-state index in [1.54, 1.807) is 0 Å². The van der Waals surface area contributed by atoms with Gasteiger partial charge in [-0.2, -0.15) is 0 Å². The number of carbonyl (C=O) groups excluding carboxylic acids is 1. The highest BCUT2D eigenvalue weighted by Gasteiger charge is 2.10. The first-order valence-corrected chi connectivity index (χ1v) is 4.41. The molecule has 0 amide bonds. The van der Waals surface area contributed by atoms with Gasteiger partial charge in [0.25, 0.3) is 0 Å². The molecule has 14 heavy (non-hydrogen) atoms. The van der Waals surface area contributed by atoms with Gasteiger partial charge >= 0.3 is 0 Å². The second-order valence-electron chi connectivity index (χ2n) is 3.11. The highest BCUT2D eigenvalue weighted by Crippen LogP contribution is 2.27. The first-order chi connectivity index (χ1) is 6.83. The number of furan rings is 1. The van der Waals surface area contributed by atoms with Crippen LogP contribution >= 0.6 is 0 Å².